The lowest BCUT2D eigenvalue weighted by Gasteiger charge is -2.36. The number of benzene rings is 1. The molecule has 0 atom stereocenters. The predicted molar refractivity (Wildman–Crippen MR) is 125 cm³/mol. The number of nitrogens with zero attached hydrogens (tertiary/aromatic N) is 4. The minimum atomic E-state index is 0.0888. The SMILES string of the molecule is Cc1ccc(-c2nc(N3CCC(N4CCNC4=O)CC3)nc3sc4c(c23)CCC4)cc1. The van der Waals surface area contributed by atoms with Crippen LogP contribution < -0.4 is 10.2 Å². The number of rotatable bonds is 3. The molecule has 3 aliphatic rings. The van der Waals surface area contributed by atoms with Gasteiger partial charge in [-0.1, -0.05) is 29.8 Å². The topological polar surface area (TPSA) is 61.4 Å². The summed E-state index contributed by atoms with van der Waals surface area (Å²) in [7, 11) is 0. The molecule has 1 N–H and O–H groups in total. The van der Waals surface area contributed by atoms with Gasteiger partial charge in [0, 0.05) is 48.0 Å². The number of aromatic nitrogens is 2. The van der Waals surface area contributed by atoms with Crippen LogP contribution in [0, 0.1) is 6.92 Å². The largest absolute Gasteiger partial charge is 0.341 e. The van der Waals surface area contributed by atoms with Gasteiger partial charge in [0.15, 0.2) is 0 Å². The summed E-state index contributed by atoms with van der Waals surface area (Å²) < 4.78 is 0. The van der Waals surface area contributed by atoms with Crippen molar-refractivity contribution in [1.29, 1.82) is 0 Å². The number of hydrogen-bond acceptors (Lipinski definition) is 5. The van der Waals surface area contributed by atoms with Crippen LogP contribution in [0.4, 0.5) is 10.7 Å². The average Bonchev–Trinajstić information content (AvgIpc) is 3.50. The van der Waals surface area contributed by atoms with E-state index in [1.165, 1.54) is 39.8 Å². The first kappa shape index (κ1) is 19.0. The zero-order valence-electron chi connectivity index (χ0n) is 17.9. The van der Waals surface area contributed by atoms with Gasteiger partial charge in [0.25, 0.3) is 0 Å². The lowest BCUT2D eigenvalue weighted by Crippen LogP contribution is -2.46. The number of piperidine rings is 1. The number of urea groups is 1. The lowest BCUT2D eigenvalue weighted by molar-refractivity contribution is 0.186. The molecular weight excluding hydrogens is 406 g/mol. The van der Waals surface area contributed by atoms with Gasteiger partial charge < -0.3 is 15.1 Å². The number of fused-ring (bicyclic) bond motifs is 3. The third-order valence-electron chi connectivity index (χ3n) is 6.96. The van der Waals surface area contributed by atoms with Gasteiger partial charge in [-0.15, -0.1) is 11.3 Å². The maximum absolute atomic E-state index is 12.0. The third kappa shape index (κ3) is 3.26. The number of hydrogen-bond donors (Lipinski definition) is 1. The first-order chi connectivity index (χ1) is 15.2. The van der Waals surface area contributed by atoms with Crippen molar-refractivity contribution in [3.8, 4) is 11.3 Å². The highest BCUT2D eigenvalue weighted by Crippen LogP contribution is 2.41. The Morgan fingerprint density at radius 3 is 2.61 bits per heavy atom. The van der Waals surface area contributed by atoms with Crippen LogP contribution in [-0.2, 0) is 12.8 Å². The van der Waals surface area contributed by atoms with Crippen molar-refractivity contribution < 1.29 is 4.79 Å². The Kier molecular flexibility index (Phi) is 4.60. The van der Waals surface area contributed by atoms with Crippen LogP contribution in [-0.4, -0.2) is 53.1 Å². The van der Waals surface area contributed by atoms with E-state index < -0.39 is 0 Å². The number of anilines is 1. The molecule has 160 valence electrons. The molecule has 1 aromatic carbocycles. The minimum absolute atomic E-state index is 0.0888. The molecule has 7 heteroatoms. The average molecular weight is 434 g/mol. The van der Waals surface area contributed by atoms with Gasteiger partial charge >= 0.3 is 6.03 Å². The molecule has 1 aliphatic carbocycles. The molecule has 0 radical (unpaired) electrons. The van der Waals surface area contributed by atoms with Gasteiger partial charge in [0.05, 0.1) is 5.69 Å². The van der Waals surface area contributed by atoms with E-state index in [1.807, 2.05) is 16.2 Å². The number of carbonyl (C=O) groups excluding carboxylic acids is 1. The molecule has 3 aromatic rings. The zero-order valence-corrected chi connectivity index (χ0v) is 18.7. The van der Waals surface area contributed by atoms with Crippen LogP contribution >= 0.6 is 11.3 Å². The summed E-state index contributed by atoms with van der Waals surface area (Å²) >= 11 is 1.86. The molecule has 2 aromatic heterocycles. The monoisotopic (exact) mass is 433 g/mol. The molecule has 0 spiro atoms. The van der Waals surface area contributed by atoms with E-state index in [0.717, 1.165) is 61.9 Å². The Hall–Kier alpha value is -2.67. The summed E-state index contributed by atoms with van der Waals surface area (Å²) in [5, 5.41) is 4.20. The van der Waals surface area contributed by atoms with Crippen LogP contribution in [0.25, 0.3) is 21.5 Å². The van der Waals surface area contributed by atoms with Gasteiger partial charge in [0.1, 0.15) is 4.83 Å². The van der Waals surface area contributed by atoms with Crippen molar-refractivity contribution >= 4 is 33.5 Å². The zero-order chi connectivity index (χ0) is 20.9. The molecule has 0 bridgehead atoms. The van der Waals surface area contributed by atoms with E-state index in [0.29, 0.717) is 6.04 Å². The summed E-state index contributed by atoms with van der Waals surface area (Å²) in [6.07, 6.45) is 5.48. The first-order valence-corrected chi connectivity index (χ1v) is 12.2. The third-order valence-corrected chi connectivity index (χ3v) is 8.14. The molecular formula is C24H27N5OS. The maximum Gasteiger partial charge on any atom is 0.317 e. The fourth-order valence-electron chi connectivity index (χ4n) is 5.26. The number of carbonyl (C=O) groups is 1. The summed E-state index contributed by atoms with van der Waals surface area (Å²) in [4.78, 5) is 29.2. The van der Waals surface area contributed by atoms with Crippen molar-refractivity contribution in [2.45, 2.75) is 45.1 Å². The number of thiophene rings is 1. The summed E-state index contributed by atoms with van der Waals surface area (Å²) in [6.45, 7) is 5.49. The normalized spacial score (nSPS) is 19.3. The quantitative estimate of drug-likeness (QED) is 0.674. The first-order valence-electron chi connectivity index (χ1n) is 11.4. The van der Waals surface area contributed by atoms with Crippen LogP contribution in [0.2, 0.25) is 0 Å². The van der Waals surface area contributed by atoms with Crippen molar-refractivity contribution in [3.63, 3.8) is 0 Å². The smallest absolute Gasteiger partial charge is 0.317 e. The molecule has 6 nitrogen and oxygen atoms in total. The fourth-order valence-corrected chi connectivity index (χ4v) is 6.51. The molecule has 6 rings (SSSR count). The maximum atomic E-state index is 12.0. The summed E-state index contributed by atoms with van der Waals surface area (Å²) in [5.74, 6) is 0.840. The molecule has 2 aliphatic heterocycles. The molecule has 4 heterocycles. The second-order valence-corrected chi connectivity index (χ2v) is 10.0. The van der Waals surface area contributed by atoms with Crippen molar-refractivity contribution in [3.05, 3.63) is 40.3 Å². The van der Waals surface area contributed by atoms with Crippen molar-refractivity contribution in [2.75, 3.05) is 31.1 Å². The highest BCUT2D eigenvalue weighted by Gasteiger charge is 2.32. The van der Waals surface area contributed by atoms with Gasteiger partial charge in [-0.3, -0.25) is 0 Å². The van der Waals surface area contributed by atoms with E-state index in [2.05, 4.69) is 41.4 Å². The van der Waals surface area contributed by atoms with Gasteiger partial charge in [-0.2, -0.15) is 0 Å². The molecule has 0 unspecified atom stereocenters. The van der Waals surface area contributed by atoms with E-state index >= 15 is 0 Å². The van der Waals surface area contributed by atoms with E-state index in [-0.39, 0.29) is 6.03 Å². The number of aryl methyl sites for hydroxylation is 3. The Morgan fingerprint density at radius 2 is 1.87 bits per heavy atom. The Morgan fingerprint density at radius 1 is 1.06 bits per heavy atom. The molecule has 31 heavy (non-hydrogen) atoms. The van der Waals surface area contributed by atoms with Crippen LogP contribution in [0.5, 0.6) is 0 Å². The molecule has 0 saturated carbocycles. The second-order valence-electron chi connectivity index (χ2n) is 8.92. The number of nitrogens with one attached hydrogen (secondary N) is 1. The van der Waals surface area contributed by atoms with Crippen molar-refractivity contribution in [2.24, 2.45) is 0 Å². The van der Waals surface area contributed by atoms with Crippen LogP contribution in [0.3, 0.4) is 0 Å². The van der Waals surface area contributed by atoms with Crippen molar-refractivity contribution in [1.82, 2.24) is 20.2 Å². The predicted octanol–water partition coefficient (Wildman–Crippen LogP) is 4.15. The van der Waals surface area contributed by atoms with E-state index in [9.17, 15) is 4.79 Å². The molecule has 2 saturated heterocycles. The molecule has 2 amide bonds. The van der Waals surface area contributed by atoms with Gasteiger partial charge in [-0.25, -0.2) is 14.8 Å². The van der Waals surface area contributed by atoms with Crippen LogP contribution in [0.1, 0.15) is 35.3 Å². The summed E-state index contributed by atoms with van der Waals surface area (Å²) in [6, 6.07) is 9.14. The highest BCUT2D eigenvalue weighted by atomic mass is 32.1. The standard InChI is InChI=1S/C24H27N5OS/c1-15-5-7-16(8-6-15)21-20-18-3-2-4-19(18)31-22(20)27-23(26-21)28-12-9-17(10-13-28)29-14-11-25-24(29)30/h5-8,17H,2-4,9-14H2,1H3,(H,25,30). The fraction of sp³-hybridized carbons (Fsp3) is 0.458. The minimum Gasteiger partial charge on any atom is -0.341 e. The molecule has 2 fully saturated rings. The Bertz CT molecular complexity index is 1150. The van der Waals surface area contributed by atoms with E-state index in [4.69, 9.17) is 9.97 Å². The Balaban J connectivity index is 1.35. The highest BCUT2D eigenvalue weighted by molar-refractivity contribution is 7.19. The Labute approximate surface area is 186 Å². The number of amides is 2. The summed E-state index contributed by atoms with van der Waals surface area (Å²) in [5.41, 5.74) is 4.99. The van der Waals surface area contributed by atoms with Gasteiger partial charge in [-0.05, 0) is 44.6 Å². The second kappa shape index (κ2) is 7.48. The van der Waals surface area contributed by atoms with E-state index in [1.54, 1.807) is 0 Å². The lowest BCUT2D eigenvalue weighted by atomic mass is 10.0. The van der Waals surface area contributed by atoms with Gasteiger partial charge in [0.2, 0.25) is 5.95 Å². The van der Waals surface area contributed by atoms with Crippen LogP contribution in [0.15, 0.2) is 24.3 Å².